The summed E-state index contributed by atoms with van der Waals surface area (Å²) in [5.41, 5.74) is 2.28. The van der Waals surface area contributed by atoms with E-state index >= 15 is 0 Å². The van der Waals surface area contributed by atoms with Crippen LogP contribution in [0.15, 0.2) is 64.2 Å². The Morgan fingerprint density at radius 3 is 2.29 bits per heavy atom. The fraction of sp³-hybridized carbons (Fsp3) is 0.160. The fourth-order valence-electron chi connectivity index (χ4n) is 3.03. The van der Waals surface area contributed by atoms with Gasteiger partial charge in [-0.15, -0.1) is 0 Å². The van der Waals surface area contributed by atoms with Gasteiger partial charge in [-0.05, 0) is 76.9 Å². The minimum Gasteiger partial charge on any atom is -0.490 e. The van der Waals surface area contributed by atoms with Gasteiger partial charge in [-0.25, -0.2) is 5.43 Å². The lowest BCUT2D eigenvalue weighted by Crippen LogP contribution is -2.32. The standard InChI is InChI=1S/C25H19BrCl2F3N3O4/c1-2-37-21-11-14(10-18(26)22(21)38-13-17-19(27)4-3-5-20(17)28)12-32-34-24(36)23(35)33-16-8-6-15(7-9-16)25(29,30)31/h3-12H,2,13H2,1H3,(H,33,35)(H,34,36)/b32-12+. The molecule has 0 saturated carbocycles. The maximum absolute atomic E-state index is 12.6. The van der Waals surface area contributed by atoms with Crippen LogP contribution in [0.3, 0.4) is 0 Å². The van der Waals surface area contributed by atoms with Crippen LogP contribution in [0, 0.1) is 0 Å². The van der Waals surface area contributed by atoms with Crippen molar-refractivity contribution in [1.29, 1.82) is 0 Å². The average Bonchev–Trinajstić information content (AvgIpc) is 2.85. The number of nitrogens with zero attached hydrogens (tertiary/aromatic N) is 1. The zero-order chi connectivity index (χ0) is 27.9. The molecule has 38 heavy (non-hydrogen) atoms. The number of amides is 2. The van der Waals surface area contributed by atoms with E-state index in [-0.39, 0.29) is 12.3 Å². The monoisotopic (exact) mass is 631 g/mol. The molecule has 0 aromatic heterocycles. The third-order valence-corrected chi connectivity index (χ3v) is 6.11. The van der Waals surface area contributed by atoms with Crippen molar-refractivity contribution in [2.75, 3.05) is 11.9 Å². The molecule has 0 fully saturated rings. The second-order valence-corrected chi connectivity index (χ2v) is 9.15. The number of ether oxygens (including phenoxy) is 2. The Morgan fingerprint density at radius 2 is 1.68 bits per heavy atom. The molecule has 0 saturated heterocycles. The summed E-state index contributed by atoms with van der Waals surface area (Å²) in [6, 6.07) is 12.0. The lowest BCUT2D eigenvalue weighted by Gasteiger charge is -2.15. The molecule has 0 radical (unpaired) electrons. The second kappa shape index (κ2) is 13.0. The summed E-state index contributed by atoms with van der Waals surface area (Å²) < 4.78 is 50.0. The van der Waals surface area contributed by atoms with E-state index in [0.29, 0.717) is 43.8 Å². The zero-order valence-electron chi connectivity index (χ0n) is 19.5. The smallest absolute Gasteiger partial charge is 0.416 e. The van der Waals surface area contributed by atoms with Crippen LogP contribution in [0.5, 0.6) is 11.5 Å². The number of carbonyl (C=O) groups is 2. The second-order valence-electron chi connectivity index (χ2n) is 7.48. The third kappa shape index (κ3) is 7.86. The molecule has 0 aliphatic carbocycles. The quantitative estimate of drug-likeness (QED) is 0.162. The van der Waals surface area contributed by atoms with E-state index in [4.69, 9.17) is 32.7 Å². The van der Waals surface area contributed by atoms with Crippen molar-refractivity contribution in [3.63, 3.8) is 0 Å². The Hall–Kier alpha value is -3.28. The summed E-state index contributed by atoms with van der Waals surface area (Å²) in [6.07, 6.45) is -3.25. The van der Waals surface area contributed by atoms with Gasteiger partial charge in [-0.3, -0.25) is 9.59 Å². The van der Waals surface area contributed by atoms with Gasteiger partial charge in [-0.1, -0.05) is 29.3 Å². The van der Waals surface area contributed by atoms with E-state index in [9.17, 15) is 22.8 Å². The van der Waals surface area contributed by atoms with Crippen molar-refractivity contribution in [2.45, 2.75) is 19.7 Å². The molecule has 3 rings (SSSR count). The number of anilines is 1. The van der Waals surface area contributed by atoms with Crippen molar-refractivity contribution in [2.24, 2.45) is 5.10 Å². The van der Waals surface area contributed by atoms with Gasteiger partial charge in [0, 0.05) is 21.3 Å². The topological polar surface area (TPSA) is 89.0 Å². The van der Waals surface area contributed by atoms with Gasteiger partial charge >= 0.3 is 18.0 Å². The van der Waals surface area contributed by atoms with Crippen molar-refractivity contribution in [3.05, 3.63) is 85.8 Å². The van der Waals surface area contributed by atoms with Crippen LogP contribution < -0.4 is 20.2 Å². The summed E-state index contributed by atoms with van der Waals surface area (Å²) in [5.74, 6) is -1.47. The molecule has 2 N–H and O–H groups in total. The largest absolute Gasteiger partial charge is 0.490 e. The van der Waals surface area contributed by atoms with Gasteiger partial charge in [0.05, 0.1) is 22.9 Å². The molecule has 0 aliphatic rings. The highest BCUT2D eigenvalue weighted by atomic mass is 79.9. The SMILES string of the molecule is CCOc1cc(/C=N/NC(=O)C(=O)Nc2ccc(C(F)(F)F)cc2)cc(Br)c1OCc1c(Cl)cccc1Cl. The third-order valence-electron chi connectivity index (χ3n) is 4.81. The van der Waals surface area contributed by atoms with Crippen LogP contribution in [-0.4, -0.2) is 24.6 Å². The molecular weight excluding hydrogens is 614 g/mol. The van der Waals surface area contributed by atoms with E-state index in [1.165, 1.54) is 6.21 Å². The Bertz CT molecular complexity index is 1330. The first-order valence-corrected chi connectivity index (χ1v) is 12.4. The predicted molar refractivity (Wildman–Crippen MR) is 142 cm³/mol. The van der Waals surface area contributed by atoms with Crippen molar-refractivity contribution in [1.82, 2.24) is 5.43 Å². The number of hydrogen-bond acceptors (Lipinski definition) is 5. The zero-order valence-corrected chi connectivity index (χ0v) is 22.6. The first-order valence-electron chi connectivity index (χ1n) is 10.8. The number of benzene rings is 3. The molecular formula is C25H19BrCl2F3N3O4. The normalized spacial score (nSPS) is 11.3. The summed E-state index contributed by atoms with van der Waals surface area (Å²) in [5, 5.41) is 6.85. The van der Waals surface area contributed by atoms with Crippen LogP contribution in [0.1, 0.15) is 23.6 Å². The fourth-order valence-corrected chi connectivity index (χ4v) is 4.11. The van der Waals surface area contributed by atoms with Gasteiger partial charge < -0.3 is 14.8 Å². The highest BCUT2D eigenvalue weighted by Gasteiger charge is 2.30. The Morgan fingerprint density at radius 1 is 1.03 bits per heavy atom. The van der Waals surface area contributed by atoms with Gasteiger partial charge in [0.25, 0.3) is 0 Å². The van der Waals surface area contributed by atoms with Gasteiger partial charge in [0.1, 0.15) is 6.61 Å². The Balaban J connectivity index is 1.65. The lowest BCUT2D eigenvalue weighted by atomic mass is 10.2. The van der Waals surface area contributed by atoms with Gasteiger partial charge in [0.2, 0.25) is 0 Å². The Labute approximate surface area is 234 Å². The van der Waals surface area contributed by atoms with Crippen LogP contribution in [0.4, 0.5) is 18.9 Å². The first kappa shape index (κ1) is 29.3. The molecule has 0 unspecified atom stereocenters. The van der Waals surface area contributed by atoms with Gasteiger partial charge in [-0.2, -0.15) is 18.3 Å². The number of nitrogens with one attached hydrogen (secondary N) is 2. The maximum Gasteiger partial charge on any atom is 0.416 e. The highest BCUT2D eigenvalue weighted by Crippen LogP contribution is 2.38. The molecule has 3 aromatic carbocycles. The average molecular weight is 633 g/mol. The van der Waals surface area contributed by atoms with E-state index < -0.39 is 23.6 Å². The first-order chi connectivity index (χ1) is 18.0. The van der Waals surface area contributed by atoms with E-state index in [0.717, 1.165) is 24.3 Å². The number of halogens is 6. The molecule has 0 bridgehead atoms. The predicted octanol–water partition coefficient (Wildman–Crippen LogP) is 6.84. The number of alkyl halides is 3. The van der Waals surface area contributed by atoms with Crippen molar-refractivity contribution < 1.29 is 32.2 Å². The number of hydrogen-bond donors (Lipinski definition) is 2. The van der Waals surface area contributed by atoms with Crippen LogP contribution in [0.2, 0.25) is 10.0 Å². The van der Waals surface area contributed by atoms with Crippen molar-refractivity contribution in [3.8, 4) is 11.5 Å². The lowest BCUT2D eigenvalue weighted by molar-refractivity contribution is -0.137. The number of carbonyl (C=O) groups excluding carboxylic acids is 2. The van der Waals surface area contributed by atoms with Crippen LogP contribution >= 0.6 is 39.1 Å². The molecule has 3 aromatic rings. The van der Waals surface area contributed by atoms with E-state index in [2.05, 4.69) is 31.8 Å². The van der Waals surface area contributed by atoms with Crippen LogP contribution in [-0.2, 0) is 22.4 Å². The molecule has 0 aliphatic heterocycles. The summed E-state index contributed by atoms with van der Waals surface area (Å²) in [7, 11) is 0. The van der Waals surface area contributed by atoms with Gasteiger partial charge in [0.15, 0.2) is 11.5 Å². The van der Waals surface area contributed by atoms with E-state index in [1.807, 2.05) is 0 Å². The summed E-state index contributed by atoms with van der Waals surface area (Å²) in [6.45, 7) is 2.20. The molecule has 0 spiro atoms. The molecule has 7 nitrogen and oxygen atoms in total. The molecule has 0 atom stereocenters. The number of rotatable bonds is 8. The summed E-state index contributed by atoms with van der Waals surface area (Å²) >= 11 is 15.8. The minimum atomic E-state index is -4.51. The molecule has 0 heterocycles. The number of hydrazone groups is 1. The summed E-state index contributed by atoms with van der Waals surface area (Å²) in [4.78, 5) is 24.1. The highest BCUT2D eigenvalue weighted by molar-refractivity contribution is 9.10. The van der Waals surface area contributed by atoms with Crippen molar-refractivity contribution >= 4 is 62.8 Å². The maximum atomic E-state index is 12.6. The van der Waals surface area contributed by atoms with E-state index in [1.54, 1.807) is 37.3 Å². The van der Waals surface area contributed by atoms with Crippen LogP contribution in [0.25, 0.3) is 0 Å². The Kier molecular flexibility index (Phi) is 10.0. The molecule has 13 heteroatoms. The molecule has 200 valence electrons. The molecule has 2 amide bonds. The minimum absolute atomic E-state index is 0.0149.